The molecule has 0 unspecified atom stereocenters. The van der Waals surface area contributed by atoms with Gasteiger partial charge in [-0.05, 0) is 27.7 Å². The molecule has 5 aliphatic rings. The molecule has 320 valence electrons. The van der Waals surface area contributed by atoms with Gasteiger partial charge in [-0.3, -0.25) is 4.79 Å². The van der Waals surface area contributed by atoms with Crippen LogP contribution in [0.1, 0.15) is 34.6 Å². The van der Waals surface area contributed by atoms with Crippen LogP contribution in [0.4, 0.5) is 0 Å². The average Bonchev–Trinajstić information content (AvgIpc) is 3.13. The number of carbonyl (C=O) groups excluding carboxylic acids is 1. The molecule has 23 nitrogen and oxygen atoms in total. The Morgan fingerprint density at radius 3 is 1.35 bits per heavy atom. The lowest BCUT2D eigenvalue weighted by atomic mass is 9.95. The van der Waals surface area contributed by atoms with Gasteiger partial charge >= 0.3 is 0 Å². The maximum Gasteiger partial charge on any atom is 0.217 e. The highest BCUT2D eigenvalue weighted by atomic mass is 16.8. The van der Waals surface area contributed by atoms with Crippen molar-refractivity contribution in [1.82, 2.24) is 5.32 Å². The molecule has 0 spiro atoms. The van der Waals surface area contributed by atoms with Crippen molar-refractivity contribution in [2.24, 2.45) is 0 Å². The smallest absolute Gasteiger partial charge is 0.217 e. The van der Waals surface area contributed by atoms with Crippen LogP contribution in [0.25, 0.3) is 0 Å². The lowest BCUT2D eigenvalue weighted by Crippen LogP contribution is -2.68. The highest BCUT2D eigenvalue weighted by molar-refractivity contribution is 5.73. The van der Waals surface area contributed by atoms with Crippen molar-refractivity contribution in [2.75, 3.05) is 6.61 Å². The molecule has 23 heteroatoms. The molecule has 0 radical (unpaired) electrons. The van der Waals surface area contributed by atoms with Gasteiger partial charge in [-0.1, -0.05) is 0 Å². The minimum atomic E-state index is -1.98. The van der Waals surface area contributed by atoms with E-state index in [-0.39, 0.29) is 0 Å². The van der Waals surface area contributed by atoms with Crippen molar-refractivity contribution in [3.8, 4) is 0 Å². The minimum Gasteiger partial charge on any atom is -0.394 e. The number of rotatable bonds is 10. The van der Waals surface area contributed by atoms with Gasteiger partial charge in [0.25, 0.3) is 0 Å². The monoisotopic (exact) mass is 805 g/mol. The summed E-state index contributed by atoms with van der Waals surface area (Å²) in [5.41, 5.74) is 0. The molecule has 1 amide bonds. The minimum absolute atomic E-state index is 0.659. The molecule has 5 saturated heterocycles. The second-order valence-corrected chi connectivity index (χ2v) is 14.6. The zero-order valence-corrected chi connectivity index (χ0v) is 30.6. The largest absolute Gasteiger partial charge is 0.394 e. The van der Waals surface area contributed by atoms with Gasteiger partial charge in [-0.2, -0.15) is 0 Å². The molecule has 0 aromatic rings. The summed E-state index contributed by atoms with van der Waals surface area (Å²) in [5, 5.41) is 131. The van der Waals surface area contributed by atoms with E-state index in [4.69, 9.17) is 42.6 Å². The number of hydrogen-bond acceptors (Lipinski definition) is 22. The summed E-state index contributed by atoms with van der Waals surface area (Å²) in [6, 6.07) is -1.44. The number of aliphatic hydroxyl groups excluding tert-OH is 12. The Labute approximate surface area is 314 Å². The van der Waals surface area contributed by atoms with Crippen LogP contribution in [0.2, 0.25) is 0 Å². The first kappa shape index (κ1) is 44.7. The van der Waals surface area contributed by atoms with Crippen LogP contribution in [0, 0.1) is 0 Å². The Morgan fingerprint density at radius 1 is 0.473 bits per heavy atom. The first-order valence-corrected chi connectivity index (χ1v) is 18.0. The van der Waals surface area contributed by atoms with Crippen LogP contribution in [0.5, 0.6) is 0 Å². The van der Waals surface area contributed by atoms with Crippen molar-refractivity contribution in [2.45, 2.75) is 188 Å². The number of hydrogen-bond donors (Lipinski definition) is 13. The van der Waals surface area contributed by atoms with Gasteiger partial charge in [0.05, 0.1) is 31.0 Å². The summed E-state index contributed by atoms with van der Waals surface area (Å²) in [6.45, 7) is 5.85. The fourth-order valence-electron chi connectivity index (χ4n) is 7.16. The van der Waals surface area contributed by atoms with Gasteiger partial charge in [0, 0.05) is 6.92 Å². The van der Waals surface area contributed by atoms with E-state index in [0.717, 1.165) is 6.92 Å². The molecule has 5 heterocycles. The van der Waals surface area contributed by atoms with Crippen LogP contribution in [0.15, 0.2) is 0 Å². The van der Waals surface area contributed by atoms with Crippen LogP contribution >= 0.6 is 0 Å². The molecular formula is C32H55NO22. The summed E-state index contributed by atoms with van der Waals surface area (Å²) in [6.07, 6.45) is -38.6. The van der Waals surface area contributed by atoms with Crippen LogP contribution < -0.4 is 5.32 Å². The molecule has 0 aromatic carbocycles. The van der Waals surface area contributed by atoms with Crippen molar-refractivity contribution in [3.05, 3.63) is 0 Å². The number of amides is 1. The predicted molar refractivity (Wildman–Crippen MR) is 172 cm³/mol. The summed E-state index contributed by atoms with van der Waals surface area (Å²) in [7, 11) is 0. The standard InChI is InChI=1S/C32H55NO22/c1-7-14(36)19(41)22(44)29(47-7)54-27-21(43)16(38)9(3)50-32(27)53-25-17(39)10(4)48-30(23(25)45)55-26-20(42)15(37)8(2)49-31(26)52-24-13(33-11(5)35)28(46)51-12(6-34)18(24)40/h7-10,12-32,34,36-46H,6H2,1-5H3,(H,33,35)/t7-,8-,9-,10-,12+,13+,14-,15-,16-,17-,18+,19+,20+,21+,22+,23+,24+,25+,26+,27+,28+,29-,30-,31-,32-/m0/s1. The van der Waals surface area contributed by atoms with Crippen molar-refractivity contribution in [1.29, 1.82) is 0 Å². The van der Waals surface area contributed by atoms with E-state index >= 15 is 0 Å². The number of nitrogens with one attached hydrogen (secondary N) is 1. The van der Waals surface area contributed by atoms with Gasteiger partial charge in [0.15, 0.2) is 31.5 Å². The fourth-order valence-corrected chi connectivity index (χ4v) is 7.16. The maximum atomic E-state index is 12.0. The average molecular weight is 806 g/mol. The molecule has 0 bridgehead atoms. The van der Waals surface area contributed by atoms with E-state index in [1.54, 1.807) is 0 Å². The summed E-state index contributed by atoms with van der Waals surface area (Å²) >= 11 is 0. The number of aliphatic hydroxyl groups is 12. The Balaban J connectivity index is 1.38. The van der Waals surface area contributed by atoms with Crippen molar-refractivity contribution < 1.29 is 109 Å². The van der Waals surface area contributed by atoms with Gasteiger partial charge in [-0.25, -0.2) is 0 Å². The predicted octanol–water partition coefficient (Wildman–Crippen LogP) is -7.67. The second kappa shape index (κ2) is 18.3. The first-order valence-electron chi connectivity index (χ1n) is 18.0. The topological polar surface area (TPSA) is 355 Å². The summed E-state index contributed by atoms with van der Waals surface area (Å²) in [5.74, 6) is -0.659. The van der Waals surface area contributed by atoms with E-state index in [2.05, 4.69) is 5.32 Å². The fraction of sp³-hybridized carbons (Fsp3) is 0.969. The third-order valence-corrected chi connectivity index (χ3v) is 10.6. The van der Waals surface area contributed by atoms with Crippen molar-refractivity contribution >= 4 is 5.91 Å². The highest BCUT2D eigenvalue weighted by Crippen LogP contribution is 2.36. The summed E-state index contributed by atoms with van der Waals surface area (Å²) < 4.78 is 51.6. The number of ether oxygens (including phenoxy) is 9. The lowest BCUT2D eigenvalue weighted by Gasteiger charge is -2.50. The zero-order valence-electron chi connectivity index (χ0n) is 30.6. The molecule has 0 saturated carbocycles. The molecule has 13 N–H and O–H groups in total. The third-order valence-electron chi connectivity index (χ3n) is 10.6. The highest BCUT2D eigenvalue weighted by Gasteiger charge is 2.56. The van der Waals surface area contributed by atoms with Crippen LogP contribution in [-0.4, -0.2) is 227 Å². The zero-order chi connectivity index (χ0) is 40.8. The molecule has 0 aromatic heterocycles. The van der Waals surface area contributed by atoms with Gasteiger partial charge < -0.3 is 109 Å². The number of carbonyl (C=O) groups is 1. The lowest BCUT2D eigenvalue weighted by molar-refractivity contribution is -0.398. The van der Waals surface area contributed by atoms with E-state index in [9.17, 15) is 66.1 Å². The molecule has 5 aliphatic heterocycles. The molecule has 5 rings (SSSR count). The second-order valence-electron chi connectivity index (χ2n) is 14.6. The molecule has 5 fully saturated rings. The van der Waals surface area contributed by atoms with Gasteiger partial charge in [0.1, 0.15) is 97.6 Å². The van der Waals surface area contributed by atoms with Crippen LogP contribution in [0.3, 0.4) is 0 Å². The van der Waals surface area contributed by atoms with E-state index in [1.165, 1.54) is 27.7 Å². The Hall–Kier alpha value is -1.37. The molecule has 55 heavy (non-hydrogen) atoms. The van der Waals surface area contributed by atoms with Gasteiger partial charge in [0.2, 0.25) is 5.91 Å². The van der Waals surface area contributed by atoms with E-state index in [1.807, 2.05) is 0 Å². The van der Waals surface area contributed by atoms with Crippen molar-refractivity contribution in [3.63, 3.8) is 0 Å². The Bertz CT molecular complexity index is 1260. The SMILES string of the molecule is CC(=O)N[C@@H]1[C@@H](O[C@@H]2O[C@@H](C)[C@H](O)[C@@H](O)[C@H]2O[C@@H]2O[C@@H](C)[C@H](O)[C@@H](O[C@@H]3O[C@@H](C)[C@H](O)[C@@H](O)[C@H]3O[C@@H]3O[C@@H](C)[C@H](O)[C@@H](O)[C@H]3O)[C@H]2O)[C@H](O)[C@@H](CO)O[C@H]1O. The molecular weight excluding hydrogens is 750 g/mol. The van der Waals surface area contributed by atoms with E-state index < -0.39 is 166 Å². The molecule has 25 atom stereocenters. The quantitative estimate of drug-likeness (QED) is 0.0975. The normalized spacial score (nSPS) is 53.8. The van der Waals surface area contributed by atoms with Crippen LogP contribution in [-0.2, 0) is 47.4 Å². The maximum absolute atomic E-state index is 12.0. The summed E-state index contributed by atoms with van der Waals surface area (Å²) in [4.78, 5) is 12.0. The van der Waals surface area contributed by atoms with Gasteiger partial charge in [-0.15, -0.1) is 0 Å². The third kappa shape index (κ3) is 9.27. The van der Waals surface area contributed by atoms with E-state index in [0.29, 0.717) is 0 Å². The Kier molecular flexibility index (Phi) is 14.9. The molecule has 0 aliphatic carbocycles. The Morgan fingerprint density at radius 2 is 0.873 bits per heavy atom. The first-order chi connectivity index (χ1) is 25.8.